The summed E-state index contributed by atoms with van der Waals surface area (Å²) in [6, 6.07) is 8.01. The number of aromatic nitrogens is 6. The van der Waals surface area contributed by atoms with Gasteiger partial charge in [-0.25, -0.2) is 4.98 Å². The van der Waals surface area contributed by atoms with Crippen LogP contribution in [0.15, 0.2) is 41.2 Å². The van der Waals surface area contributed by atoms with Gasteiger partial charge in [-0.05, 0) is 31.0 Å². The van der Waals surface area contributed by atoms with Gasteiger partial charge in [-0.3, -0.25) is 4.40 Å². The van der Waals surface area contributed by atoms with Crippen molar-refractivity contribution in [1.29, 1.82) is 0 Å². The maximum atomic E-state index is 5.37. The summed E-state index contributed by atoms with van der Waals surface area (Å²) in [4.78, 5) is 8.81. The number of fused-ring (bicyclic) bond motifs is 1. The monoisotopic (exact) mass is 349 g/mol. The van der Waals surface area contributed by atoms with Gasteiger partial charge in [0.2, 0.25) is 5.65 Å². The molecule has 0 unspecified atom stereocenters. The van der Waals surface area contributed by atoms with E-state index in [1.165, 1.54) is 0 Å². The fourth-order valence-corrected chi connectivity index (χ4v) is 2.76. The van der Waals surface area contributed by atoms with Gasteiger partial charge in [0.05, 0.1) is 0 Å². The molecule has 0 amide bonds. The predicted molar refractivity (Wildman–Crippen MR) is 96.6 cm³/mol. The zero-order valence-electron chi connectivity index (χ0n) is 14.7. The van der Waals surface area contributed by atoms with E-state index in [9.17, 15) is 0 Å². The lowest BCUT2D eigenvalue weighted by Crippen LogP contribution is -2.04. The lowest BCUT2D eigenvalue weighted by Gasteiger charge is -2.07. The molecule has 0 fully saturated rings. The Morgan fingerprint density at radius 2 is 2.15 bits per heavy atom. The van der Waals surface area contributed by atoms with Crippen LogP contribution in [0.5, 0.6) is 0 Å². The van der Waals surface area contributed by atoms with Crippen molar-refractivity contribution in [2.75, 3.05) is 5.32 Å². The Kier molecular flexibility index (Phi) is 4.30. The molecule has 0 aliphatic heterocycles. The first-order valence-corrected chi connectivity index (χ1v) is 8.56. The van der Waals surface area contributed by atoms with Gasteiger partial charge in [0.1, 0.15) is 5.82 Å². The predicted octanol–water partition coefficient (Wildman–Crippen LogP) is 3.05. The van der Waals surface area contributed by atoms with Gasteiger partial charge in [-0.15, -0.1) is 10.2 Å². The average Bonchev–Trinajstić information content (AvgIpc) is 3.28. The van der Waals surface area contributed by atoms with Crippen molar-refractivity contribution in [3.05, 3.63) is 53.9 Å². The van der Waals surface area contributed by atoms with E-state index in [2.05, 4.69) is 37.6 Å². The molecular weight excluding hydrogens is 330 g/mol. The van der Waals surface area contributed by atoms with Crippen molar-refractivity contribution < 1.29 is 4.52 Å². The number of hydrogen-bond acceptors (Lipinski definition) is 7. The number of rotatable bonds is 6. The topological polar surface area (TPSA) is 94.0 Å². The quantitative estimate of drug-likeness (QED) is 0.572. The molecule has 3 aromatic heterocycles. The summed E-state index contributed by atoms with van der Waals surface area (Å²) < 4.78 is 7.27. The lowest BCUT2D eigenvalue weighted by atomic mass is 10.1. The number of nitrogens with one attached hydrogen (secondary N) is 1. The van der Waals surface area contributed by atoms with E-state index in [0.29, 0.717) is 23.9 Å². The summed E-state index contributed by atoms with van der Waals surface area (Å²) in [5.74, 6) is 2.81. The largest absolute Gasteiger partial charge is 0.363 e. The molecule has 0 aliphatic carbocycles. The van der Waals surface area contributed by atoms with E-state index < -0.39 is 0 Å². The molecule has 0 radical (unpaired) electrons. The van der Waals surface area contributed by atoms with Gasteiger partial charge < -0.3 is 9.84 Å². The van der Waals surface area contributed by atoms with E-state index in [4.69, 9.17) is 4.52 Å². The summed E-state index contributed by atoms with van der Waals surface area (Å²) in [5.41, 5.74) is 2.70. The minimum Gasteiger partial charge on any atom is -0.363 e. The van der Waals surface area contributed by atoms with Crippen molar-refractivity contribution in [2.45, 2.75) is 33.2 Å². The maximum absolute atomic E-state index is 5.37. The van der Waals surface area contributed by atoms with Crippen LogP contribution < -0.4 is 5.32 Å². The second-order valence-electron chi connectivity index (χ2n) is 6.04. The van der Waals surface area contributed by atoms with Crippen LogP contribution in [0, 0.1) is 6.92 Å². The number of aryl methyl sites for hydroxylation is 2. The maximum Gasteiger partial charge on any atom is 0.257 e. The van der Waals surface area contributed by atoms with Crippen LogP contribution in [0.4, 0.5) is 5.82 Å². The molecule has 4 rings (SSSR count). The van der Waals surface area contributed by atoms with E-state index in [0.717, 1.165) is 35.6 Å². The first-order chi connectivity index (χ1) is 12.7. The van der Waals surface area contributed by atoms with Gasteiger partial charge in [0.15, 0.2) is 11.6 Å². The summed E-state index contributed by atoms with van der Waals surface area (Å²) in [6.07, 6.45) is 5.39. The molecule has 0 aliphatic rings. The smallest absolute Gasteiger partial charge is 0.257 e. The first kappa shape index (κ1) is 16.2. The molecule has 1 N–H and O–H groups in total. The summed E-state index contributed by atoms with van der Waals surface area (Å²) in [5, 5.41) is 15.6. The van der Waals surface area contributed by atoms with Crippen LogP contribution in [0.1, 0.15) is 30.6 Å². The Hall–Kier alpha value is -3.29. The molecule has 1 aromatic carbocycles. The highest BCUT2D eigenvalue weighted by Crippen LogP contribution is 2.20. The molecule has 3 heterocycles. The average molecular weight is 349 g/mol. The third-order valence-electron chi connectivity index (χ3n) is 4.07. The van der Waals surface area contributed by atoms with E-state index in [1.54, 1.807) is 6.20 Å². The van der Waals surface area contributed by atoms with Gasteiger partial charge in [-0.2, -0.15) is 4.98 Å². The van der Waals surface area contributed by atoms with E-state index in [1.807, 2.05) is 41.8 Å². The van der Waals surface area contributed by atoms with Crippen LogP contribution in [0.2, 0.25) is 0 Å². The van der Waals surface area contributed by atoms with E-state index in [-0.39, 0.29) is 0 Å². The Balaban J connectivity index is 1.53. The molecule has 26 heavy (non-hydrogen) atoms. The summed E-state index contributed by atoms with van der Waals surface area (Å²) in [7, 11) is 0. The van der Waals surface area contributed by atoms with Crippen LogP contribution in [0.3, 0.4) is 0 Å². The number of nitrogens with zero attached hydrogens (tertiary/aromatic N) is 6. The minimum absolute atomic E-state index is 0.545. The highest BCUT2D eigenvalue weighted by Gasteiger charge is 2.10. The van der Waals surface area contributed by atoms with Crippen LogP contribution >= 0.6 is 0 Å². The fourth-order valence-electron chi connectivity index (χ4n) is 2.76. The van der Waals surface area contributed by atoms with Crippen LogP contribution in [0.25, 0.3) is 17.1 Å². The Labute approximate surface area is 150 Å². The second-order valence-corrected chi connectivity index (χ2v) is 6.04. The van der Waals surface area contributed by atoms with E-state index >= 15 is 0 Å². The van der Waals surface area contributed by atoms with Crippen LogP contribution in [-0.4, -0.2) is 29.7 Å². The third kappa shape index (κ3) is 3.13. The van der Waals surface area contributed by atoms with Crippen molar-refractivity contribution in [1.82, 2.24) is 29.7 Å². The first-order valence-electron chi connectivity index (χ1n) is 8.56. The van der Waals surface area contributed by atoms with Crippen molar-refractivity contribution >= 4 is 11.5 Å². The number of anilines is 1. The van der Waals surface area contributed by atoms with Gasteiger partial charge in [-0.1, -0.05) is 24.2 Å². The SMILES string of the molecule is CCCc1noc(-c2cccc(CNc3nccn4c(C)nnc34)c2)n1. The molecule has 0 saturated heterocycles. The highest BCUT2D eigenvalue weighted by molar-refractivity contribution is 5.62. The zero-order valence-corrected chi connectivity index (χ0v) is 14.7. The summed E-state index contributed by atoms with van der Waals surface area (Å²) in [6.45, 7) is 4.60. The number of hydrogen-bond donors (Lipinski definition) is 1. The van der Waals surface area contributed by atoms with Crippen molar-refractivity contribution in [3.8, 4) is 11.5 Å². The molecule has 0 bridgehead atoms. The molecular formula is C18H19N7O. The fraction of sp³-hybridized carbons (Fsp3) is 0.278. The molecule has 0 spiro atoms. The Morgan fingerprint density at radius 1 is 1.23 bits per heavy atom. The third-order valence-corrected chi connectivity index (χ3v) is 4.07. The van der Waals surface area contributed by atoms with Gasteiger partial charge in [0.25, 0.3) is 5.89 Å². The van der Waals surface area contributed by atoms with Crippen molar-refractivity contribution in [3.63, 3.8) is 0 Å². The number of benzene rings is 1. The molecule has 0 atom stereocenters. The zero-order chi connectivity index (χ0) is 17.9. The minimum atomic E-state index is 0.545. The normalized spacial score (nSPS) is 11.2. The molecule has 8 heteroatoms. The van der Waals surface area contributed by atoms with Gasteiger partial charge >= 0.3 is 0 Å². The summed E-state index contributed by atoms with van der Waals surface area (Å²) >= 11 is 0. The molecule has 4 aromatic rings. The van der Waals surface area contributed by atoms with Gasteiger partial charge in [0, 0.05) is 30.9 Å². The van der Waals surface area contributed by atoms with Crippen LogP contribution in [-0.2, 0) is 13.0 Å². The highest BCUT2D eigenvalue weighted by atomic mass is 16.5. The Bertz CT molecular complexity index is 1040. The van der Waals surface area contributed by atoms with Crippen molar-refractivity contribution in [2.24, 2.45) is 0 Å². The molecule has 132 valence electrons. The second kappa shape index (κ2) is 6.91. The lowest BCUT2D eigenvalue weighted by molar-refractivity contribution is 0.422. The standard InChI is InChI=1S/C18H19N7O/c1-3-5-15-21-18(26-24-15)14-7-4-6-13(10-14)11-20-16-17-23-22-12(2)25(17)9-8-19-16/h4,6-10H,3,5,11H2,1-2H3,(H,19,20). The molecule has 0 saturated carbocycles. The molecule has 8 nitrogen and oxygen atoms in total. The Morgan fingerprint density at radius 3 is 3.04 bits per heavy atom.